The van der Waals surface area contributed by atoms with Crippen molar-refractivity contribution in [1.82, 2.24) is 19.6 Å². The van der Waals surface area contributed by atoms with Gasteiger partial charge >= 0.3 is 0 Å². The van der Waals surface area contributed by atoms with Gasteiger partial charge in [-0.2, -0.15) is 10.2 Å². The molecule has 0 saturated heterocycles. The van der Waals surface area contributed by atoms with Gasteiger partial charge in [-0.3, -0.25) is 9.36 Å². The molecule has 0 fully saturated rings. The van der Waals surface area contributed by atoms with Gasteiger partial charge in [0.2, 0.25) is 0 Å². The molecule has 0 aliphatic heterocycles. The summed E-state index contributed by atoms with van der Waals surface area (Å²) < 4.78 is 3.77. The summed E-state index contributed by atoms with van der Waals surface area (Å²) in [4.78, 5) is 0. The second kappa shape index (κ2) is 10.4. The second-order valence-electron chi connectivity index (χ2n) is 7.94. The van der Waals surface area contributed by atoms with E-state index in [1.54, 1.807) is 6.07 Å². The number of thiocarbonyl (C=S) groups is 1. The Morgan fingerprint density at radius 1 is 0.853 bits per heavy atom. The zero-order valence-corrected chi connectivity index (χ0v) is 21.9. The molecule has 4 aromatic rings. The molecule has 4 rings (SSSR count). The van der Waals surface area contributed by atoms with Gasteiger partial charge in [0.05, 0.1) is 30.2 Å². The molecule has 2 heterocycles. The number of aryl methyl sites for hydroxylation is 2. The maximum absolute atomic E-state index is 6.34. The van der Waals surface area contributed by atoms with Crippen LogP contribution in [0.25, 0.3) is 0 Å². The molecule has 34 heavy (non-hydrogen) atoms. The molecule has 0 spiro atoms. The molecule has 0 radical (unpaired) electrons. The van der Waals surface area contributed by atoms with Crippen LogP contribution in [0.4, 0.5) is 11.5 Å². The summed E-state index contributed by atoms with van der Waals surface area (Å²) in [6, 6.07) is 15.1. The molecule has 0 atom stereocenters. The largest absolute Gasteiger partial charge is 0.329 e. The molecule has 0 unspecified atom stereocenters. The maximum atomic E-state index is 6.34. The Morgan fingerprint density at radius 3 is 2.29 bits per heavy atom. The Bertz CT molecular complexity index is 1360. The summed E-state index contributed by atoms with van der Waals surface area (Å²) in [5.74, 6) is 0.651. The highest BCUT2D eigenvalue weighted by Gasteiger charge is 2.15. The molecule has 6 nitrogen and oxygen atoms in total. The number of nitrogens with zero attached hydrogens (tertiary/aromatic N) is 4. The lowest BCUT2D eigenvalue weighted by atomic mass is 10.2. The zero-order chi connectivity index (χ0) is 24.4. The monoisotopic (exact) mass is 532 g/mol. The average molecular weight is 534 g/mol. The molecule has 0 bridgehead atoms. The molecule has 176 valence electrons. The van der Waals surface area contributed by atoms with Crippen LogP contribution in [0.3, 0.4) is 0 Å². The van der Waals surface area contributed by atoms with Gasteiger partial charge in [-0.05, 0) is 62.3 Å². The predicted octanol–water partition coefficient (Wildman–Crippen LogP) is 6.87. The van der Waals surface area contributed by atoms with Gasteiger partial charge in [0, 0.05) is 26.8 Å². The van der Waals surface area contributed by atoms with Crippen LogP contribution in [0, 0.1) is 20.8 Å². The number of hydrogen-bond acceptors (Lipinski definition) is 3. The van der Waals surface area contributed by atoms with E-state index in [4.69, 9.17) is 47.0 Å². The summed E-state index contributed by atoms with van der Waals surface area (Å²) in [7, 11) is 0. The van der Waals surface area contributed by atoms with Crippen molar-refractivity contribution >= 4 is 63.6 Å². The lowest BCUT2D eigenvalue weighted by Crippen LogP contribution is -2.20. The molecule has 2 aromatic carbocycles. The van der Waals surface area contributed by atoms with Gasteiger partial charge < -0.3 is 10.6 Å². The predicted molar refractivity (Wildman–Crippen MR) is 145 cm³/mol. The standard InChI is InChI=1S/C24H23Cl3N6S/c1-14-10-22(31-32(14)12-17-6-4-5-7-20(17)26)28-24(34)29-23-15(2)30-33(16(23)3)13-18-8-9-19(25)11-21(18)27/h4-11H,12-13H2,1-3H3,(H2,28,29,31,34). The van der Waals surface area contributed by atoms with E-state index in [9.17, 15) is 0 Å². The van der Waals surface area contributed by atoms with Crippen molar-refractivity contribution in [3.05, 3.63) is 91.8 Å². The Balaban J connectivity index is 1.45. The van der Waals surface area contributed by atoms with E-state index < -0.39 is 0 Å². The Labute approximate surface area is 218 Å². The van der Waals surface area contributed by atoms with Crippen molar-refractivity contribution in [3.63, 3.8) is 0 Å². The van der Waals surface area contributed by atoms with Crippen LogP contribution in [-0.4, -0.2) is 24.7 Å². The van der Waals surface area contributed by atoms with Crippen molar-refractivity contribution < 1.29 is 0 Å². The first-order valence-corrected chi connectivity index (χ1v) is 12.1. The molecule has 0 saturated carbocycles. The van der Waals surface area contributed by atoms with Crippen LogP contribution in [-0.2, 0) is 13.1 Å². The lowest BCUT2D eigenvalue weighted by Gasteiger charge is -2.10. The molecule has 10 heteroatoms. The van der Waals surface area contributed by atoms with E-state index in [-0.39, 0.29) is 0 Å². The highest BCUT2D eigenvalue weighted by Crippen LogP contribution is 2.25. The van der Waals surface area contributed by atoms with Gasteiger partial charge in [0.1, 0.15) is 0 Å². The minimum Gasteiger partial charge on any atom is -0.329 e. The fraction of sp³-hybridized carbons (Fsp3) is 0.208. The fourth-order valence-corrected chi connectivity index (χ4v) is 4.49. The molecular weight excluding hydrogens is 511 g/mol. The quantitative estimate of drug-likeness (QED) is 0.265. The van der Waals surface area contributed by atoms with Crippen molar-refractivity contribution in [3.8, 4) is 0 Å². The third-order valence-electron chi connectivity index (χ3n) is 5.46. The summed E-state index contributed by atoms with van der Waals surface area (Å²) in [6.45, 7) is 7.01. The first-order valence-electron chi connectivity index (χ1n) is 10.5. The third kappa shape index (κ3) is 5.55. The highest BCUT2D eigenvalue weighted by molar-refractivity contribution is 7.80. The van der Waals surface area contributed by atoms with Crippen LogP contribution < -0.4 is 10.6 Å². The minimum absolute atomic E-state index is 0.428. The molecule has 0 aliphatic rings. The Morgan fingerprint density at radius 2 is 1.56 bits per heavy atom. The summed E-state index contributed by atoms with van der Waals surface area (Å²) >= 11 is 24.2. The van der Waals surface area contributed by atoms with Crippen molar-refractivity contribution in [2.24, 2.45) is 0 Å². The van der Waals surface area contributed by atoms with Gasteiger partial charge in [0.25, 0.3) is 0 Å². The van der Waals surface area contributed by atoms with E-state index in [1.807, 2.05) is 72.6 Å². The van der Waals surface area contributed by atoms with Crippen LogP contribution in [0.15, 0.2) is 48.5 Å². The summed E-state index contributed by atoms with van der Waals surface area (Å²) in [5, 5.41) is 18.0. The number of hydrogen-bond donors (Lipinski definition) is 2. The van der Waals surface area contributed by atoms with Crippen LogP contribution in [0.1, 0.15) is 28.2 Å². The summed E-state index contributed by atoms with van der Waals surface area (Å²) in [5.41, 5.74) is 5.53. The minimum atomic E-state index is 0.428. The van der Waals surface area contributed by atoms with E-state index in [0.717, 1.165) is 33.9 Å². The van der Waals surface area contributed by atoms with Crippen LogP contribution >= 0.6 is 47.0 Å². The number of anilines is 2. The van der Waals surface area contributed by atoms with Gasteiger partial charge in [-0.1, -0.05) is 59.1 Å². The van der Waals surface area contributed by atoms with E-state index >= 15 is 0 Å². The topological polar surface area (TPSA) is 59.7 Å². The Kier molecular flexibility index (Phi) is 7.48. The maximum Gasteiger partial charge on any atom is 0.176 e. The van der Waals surface area contributed by atoms with E-state index in [0.29, 0.717) is 39.1 Å². The lowest BCUT2D eigenvalue weighted by molar-refractivity contribution is 0.659. The first kappa shape index (κ1) is 24.5. The van der Waals surface area contributed by atoms with Gasteiger partial charge in [-0.15, -0.1) is 0 Å². The molecule has 0 aliphatic carbocycles. The van der Waals surface area contributed by atoms with E-state index in [2.05, 4.69) is 20.8 Å². The number of nitrogens with one attached hydrogen (secondary N) is 2. The third-order valence-corrected chi connectivity index (χ3v) is 6.62. The van der Waals surface area contributed by atoms with Crippen LogP contribution in [0.5, 0.6) is 0 Å². The molecule has 2 N–H and O–H groups in total. The fourth-order valence-electron chi connectivity index (χ4n) is 3.62. The number of halogens is 3. The molecule has 0 amide bonds. The molecule has 2 aromatic heterocycles. The van der Waals surface area contributed by atoms with Crippen molar-refractivity contribution in [2.75, 3.05) is 10.6 Å². The van der Waals surface area contributed by atoms with Crippen molar-refractivity contribution in [2.45, 2.75) is 33.9 Å². The summed E-state index contributed by atoms with van der Waals surface area (Å²) in [6.07, 6.45) is 0. The number of benzene rings is 2. The van der Waals surface area contributed by atoms with Gasteiger partial charge in [-0.25, -0.2) is 0 Å². The van der Waals surface area contributed by atoms with E-state index in [1.165, 1.54) is 0 Å². The first-order chi connectivity index (χ1) is 16.2. The SMILES string of the molecule is Cc1nn(Cc2ccc(Cl)cc2Cl)c(C)c1NC(=S)Nc1cc(C)n(Cc2ccccc2Cl)n1. The highest BCUT2D eigenvalue weighted by atomic mass is 35.5. The number of aromatic nitrogens is 4. The smallest absolute Gasteiger partial charge is 0.176 e. The van der Waals surface area contributed by atoms with Gasteiger partial charge in [0.15, 0.2) is 10.9 Å². The Hall–Kier alpha value is -2.58. The number of rotatable bonds is 6. The normalized spacial score (nSPS) is 11.0. The van der Waals surface area contributed by atoms with Crippen molar-refractivity contribution in [1.29, 1.82) is 0 Å². The van der Waals surface area contributed by atoms with Crippen LogP contribution in [0.2, 0.25) is 15.1 Å². The second-order valence-corrected chi connectivity index (χ2v) is 9.60. The zero-order valence-electron chi connectivity index (χ0n) is 18.9. The average Bonchev–Trinajstić information content (AvgIpc) is 3.24. The molecular formula is C24H23Cl3N6S.